The predicted molar refractivity (Wildman–Crippen MR) is 81.8 cm³/mol. The van der Waals surface area contributed by atoms with Gasteiger partial charge in [-0.15, -0.1) is 11.6 Å². The van der Waals surface area contributed by atoms with Crippen LogP contribution in [0.25, 0.3) is 0 Å². The fraction of sp³-hybridized carbons (Fsp3) is 0.562. The summed E-state index contributed by atoms with van der Waals surface area (Å²) in [6, 6.07) is 6.17. The maximum absolute atomic E-state index is 12.1. The highest BCUT2D eigenvalue weighted by molar-refractivity contribution is 6.17. The molecule has 1 amide bonds. The van der Waals surface area contributed by atoms with Crippen molar-refractivity contribution in [2.45, 2.75) is 52.5 Å². The number of amides is 1. The molecule has 0 saturated heterocycles. The van der Waals surface area contributed by atoms with Gasteiger partial charge in [0.05, 0.1) is 6.42 Å². The molecular weight excluding hydrogens is 258 g/mol. The number of carbonyl (C=O) groups is 1. The summed E-state index contributed by atoms with van der Waals surface area (Å²) in [7, 11) is 0. The molecule has 0 saturated carbocycles. The minimum absolute atomic E-state index is 0.0673. The Bertz CT molecular complexity index is 444. The molecule has 0 fully saturated rings. The quantitative estimate of drug-likeness (QED) is 0.791. The van der Waals surface area contributed by atoms with Gasteiger partial charge in [-0.2, -0.15) is 0 Å². The van der Waals surface area contributed by atoms with Crippen molar-refractivity contribution in [2.24, 2.45) is 0 Å². The molecule has 1 aromatic rings. The second-order valence-electron chi connectivity index (χ2n) is 5.50. The van der Waals surface area contributed by atoms with Gasteiger partial charge in [0.1, 0.15) is 0 Å². The number of hydrogen-bond acceptors (Lipinski definition) is 1. The molecule has 19 heavy (non-hydrogen) atoms. The molecule has 0 aliphatic heterocycles. The van der Waals surface area contributed by atoms with E-state index >= 15 is 0 Å². The van der Waals surface area contributed by atoms with Gasteiger partial charge < -0.3 is 5.32 Å². The topological polar surface area (TPSA) is 29.1 Å². The number of hydrogen-bond donors (Lipinski definition) is 1. The summed E-state index contributed by atoms with van der Waals surface area (Å²) in [6.45, 7) is 8.27. The van der Waals surface area contributed by atoms with Crippen molar-refractivity contribution in [2.75, 3.05) is 5.88 Å². The lowest BCUT2D eigenvalue weighted by molar-refractivity contribution is -0.122. The average Bonchev–Trinajstić information content (AvgIpc) is 2.34. The van der Waals surface area contributed by atoms with E-state index in [0.29, 0.717) is 12.3 Å². The third kappa shape index (κ3) is 4.87. The van der Waals surface area contributed by atoms with Crippen LogP contribution in [0.2, 0.25) is 0 Å². The van der Waals surface area contributed by atoms with Gasteiger partial charge in [-0.05, 0) is 50.3 Å². The normalized spacial score (nSPS) is 13.9. The number of nitrogens with one attached hydrogen (secondary N) is 1. The summed E-state index contributed by atoms with van der Waals surface area (Å²) < 4.78 is 0. The van der Waals surface area contributed by atoms with Crippen LogP contribution < -0.4 is 5.32 Å². The lowest BCUT2D eigenvalue weighted by Gasteiger charge is -2.29. The van der Waals surface area contributed by atoms with Gasteiger partial charge in [-0.1, -0.05) is 25.1 Å². The van der Waals surface area contributed by atoms with Gasteiger partial charge in [0.15, 0.2) is 0 Å². The Morgan fingerprint density at radius 3 is 2.53 bits per heavy atom. The minimum atomic E-state index is -0.196. The molecule has 1 atom stereocenters. The molecule has 1 rings (SSSR count). The molecule has 0 heterocycles. The van der Waals surface area contributed by atoms with Gasteiger partial charge in [0, 0.05) is 11.4 Å². The molecule has 3 heteroatoms. The Labute approximate surface area is 121 Å². The lowest BCUT2D eigenvalue weighted by atomic mass is 9.95. The zero-order valence-corrected chi connectivity index (χ0v) is 13.1. The largest absolute Gasteiger partial charge is 0.351 e. The van der Waals surface area contributed by atoms with E-state index < -0.39 is 0 Å². The van der Waals surface area contributed by atoms with Crippen molar-refractivity contribution in [3.8, 4) is 0 Å². The van der Waals surface area contributed by atoms with E-state index in [2.05, 4.69) is 38.2 Å². The van der Waals surface area contributed by atoms with Gasteiger partial charge in [-0.25, -0.2) is 0 Å². The summed E-state index contributed by atoms with van der Waals surface area (Å²) in [6.07, 6.45) is 2.11. The molecule has 1 unspecified atom stereocenters. The number of carbonyl (C=O) groups excluding carboxylic acids is 1. The fourth-order valence-corrected chi connectivity index (χ4v) is 2.43. The maximum Gasteiger partial charge on any atom is 0.224 e. The Balaban J connectivity index is 2.66. The number of aryl methyl sites for hydroxylation is 2. The third-order valence-electron chi connectivity index (χ3n) is 3.80. The Kier molecular flexibility index (Phi) is 5.86. The van der Waals surface area contributed by atoms with Crippen LogP contribution in [-0.4, -0.2) is 17.3 Å². The summed E-state index contributed by atoms with van der Waals surface area (Å²) in [4.78, 5) is 12.1. The van der Waals surface area contributed by atoms with Crippen LogP contribution >= 0.6 is 11.6 Å². The zero-order chi connectivity index (χ0) is 14.5. The molecule has 0 aliphatic carbocycles. The van der Waals surface area contributed by atoms with Crippen LogP contribution in [0, 0.1) is 13.8 Å². The first-order valence-corrected chi connectivity index (χ1v) is 7.37. The van der Waals surface area contributed by atoms with E-state index in [4.69, 9.17) is 11.6 Å². The molecule has 0 bridgehead atoms. The molecular formula is C16H24ClNO. The first kappa shape index (κ1) is 16.0. The molecule has 2 nitrogen and oxygen atoms in total. The van der Waals surface area contributed by atoms with E-state index in [9.17, 15) is 4.79 Å². The van der Waals surface area contributed by atoms with Crippen molar-refractivity contribution in [3.63, 3.8) is 0 Å². The molecule has 0 spiro atoms. The van der Waals surface area contributed by atoms with Crippen LogP contribution in [0.5, 0.6) is 0 Å². The summed E-state index contributed by atoms with van der Waals surface area (Å²) >= 11 is 5.80. The monoisotopic (exact) mass is 281 g/mol. The van der Waals surface area contributed by atoms with E-state index in [-0.39, 0.29) is 11.4 Å². The molecule has 1 N–H and O–H groups in total. The fourth-order valence-electron chi connectivity index (χ4n) is 2.02. The predicted octanol–water partition coefficient (Wildman–Crippen LogP) is 3.76. The number of benzene rings is 1. The lowest BCUT2D eigenvalue weighted by Crippen LogP contribution is -2.46. The van der Waals surface area contributed by atoms with Gasteiger partial charge in [0.2, 0.25) is 5.91 Å². The van der Waals surface area contributed by atoms with Crippen molar-refractivity contribution in [1.29, 1.82) is 0 Å². The van der Waals surface area contributed by atoms with E-state index in [1.54, 1.807) is 0 Å². The standard InChI is InChI=1S/C16H24ClNO/c1-5-16(4,8-9-17)18-15(19)11-14-7-6-12(2)13(3)10-14/h6-7,10H,5,8-9,11H2,1-4H3,(H,18,19). The van der Waals surface area contributed by atoms with Crippen LogP contribution in [0.1, 0.15) is 43.4 Å². The maximum atomic E-state index is 12.1. The second-order valence-corrected chi connectivity index (χ2v) is 5.87. The number of rotatable bonds is 6. The van der Waals surface area contributed by atoms with Gasteiger partial charge in [0.25, 0.3) is 0 Å². The summed E-state index contributed by atoms with van der Waals surface area (Å²) in [5, 5.41) is 3.10. The van der Waals surface area contributed by atoms with Crippen LogP contribution in [0.3, 0.4) is 0 Å². The van der Waals surface area contributed by atoms with Crippen molar-refractivity contribution >= 4 is 17.5 Å². The smallest absolute Gasteiger partial charge is 0.224 e. The van der Waals surface area contributed by atoms with Crippen molar-refractivity contribution in [1.82, 2.24) is 5.32 Å². The van der Waals surface area contributed by atoms with Gasteiger partial charge in [-0.3, -0.25) is 4.79 Å². The summed E-state index contributed by atoms with van der Waals surface area (Å²) in [5.74, 6) is 0.631. The zero-order valence-electron chi connectivity index (χ0n) is 12.3. The van der Waals surface area contributed by atoms with E-state index in [1.165, 1.54) is 11.1 Å². The molecule has 106 valence electrons. The van der Waals surface area contributed by atoms with Crippen molar-refractivity contribution < 1.29 is 4.79 Å². The van der Waals surface area contributed by atoms with Crippen LogP contribution in [-0.2, 0) is 11.2 Å². The Morgan fingerprint density at radius 1 is 1.32 bits per heavy atom. The number of halogens is 1. The first-order chi connectivity index (χ1) is 8.90. The Morgan fingerprint density at radius 2 is 2.00 bits per heavy atom. The second kappa shape index (κ2) is 6.95. The Hall–Kier alpha value is -1.02. The SMILES string of the molecule is CCC(C)(CCCl)NC(=O)Cc1ccc(C)c(C)c1. The summed E-state index contributed by atoms with van der Waals surface area (Å²) in [5.41, 5.74) is 3.34. The van der Waals surface area contributed by atoms with Crippen LogP contribution in [0.4, 0.5) is 0 Å². The van der Waals surface area contributed by atoms with Gasteiger partial charge >= 0.3 is 0 Å². The average molecular weight is 282 g/mol. The number of alkyl halides is 1. The third-order valence-corrected chi connectivity index (χ3v) is 3.99. The minimum Gasteiger partial charge on any atom is -0.351 e. The molecule has 0 aliphatic rings. The van der Waals surface area contributed by atoms with E-state index in [0.717, 1.165) is 18.4 Å². The molecule has 0 radical (unpaired) electrons. The first-order valence-electron chi connectivity index (χ1n) is 6.83. The van der Waals surface area contributed by atoms with Crippen LogP contribution in [0.15, 0.2) is 18.2 Å². The van der Waals surface area contributed by atoms with Crippen molar-refractivity contribution in [3.05, 3.63) is 34.9 Å². The molecule has 1 aromatic carbocycles. The van der Waals surface area contributed by atoms with E-state index in [1.807, 2.05) is 13.0 Å². The highest BCUT2D eigenvalue weighted by atomic mass is 35.5. The highest BCUT2D eigenvalue weighted by Crippen LogP contribution is 2.16. The highest BCUT2D eigenvalue weighted by Gasteiger charge is 2.23. The molecule has 0 aromatic heterocycles.